The number of urea groups is 1. The second kappa shape index (κ2) is 6.71. The van der Waals surface area contributed by atoms with Crippen molar-refractivity contribution in [2.24, 2.45) is 0 Å². The molecule has 0 rings (SSSR count). The van der Waals surface area contributed by atoms with Crippen LogP contribution in [0.15, 0.2) is 0 Å². The molecule has 13 heavy (non-hydrogen) atoms. The molecule has 80 valence electrons. The average molecular weight is 190 g/mol. The van der Waals surface area contributed by atoms with Crippen LogP contribution in [0.4, 0.5) is 4.79 Å². The minimum Gasteiger partial charge on any atom is -0.380 e. The van der Waals surface area contributed by atoms with E-state index in [4.69, 9.17) is 4.74 Å². The Balaban J connectivity index is 0. The van der Waals surface area contributed by atoms with E-state index in [0.717, 1.165) is 0 Å². The third kappa shape index (κ3) is 6.40. The van der Waals surface area contributed by atoms with Crippen LogP contribution < -0.4 is 5.32 Å². The lowest BCUT2D eigenvalue weighted by molar-refractivity contribution is 0.125. The lowest BCUT2D eigenvalue weighted by Gasteiger charge is -2.19. The first-order chi connectivity index (χ1) is 6.07. The van der Waals surface area contributed by atoms with Gasteiger partial charge in [0.1, 0.15) is 0 Å². The van der Waals surface area contributed by atoms with Gasteiger partial charge in [0.15, 0.2) is 0 Å². The molecule has 4 heteroatoms. The topological polar surface area (TPSA) is 41.6 Å². The van der Waals surface area contributed by atoms with Gasteiger partial charge in [-0.3, -0.25) is 0 Å². The Hall–Kier alpha value is -0.770. The molecular formula is C9H22N2O2. The van der Waals surface area contributed by atoms with Gasteiger partial charge >= 0.3 is 6.03 Å². The predicted octanol–water partition coefficient (Wildman–Crippen LogP) is 1.32. The minimum absolute atomic E-state index is 0. The van der Waals surface area contributed by atoms with Gasteiger partial charge in [0.25, 0.3) is 0 Å². The molecule has 0 aromatic carbocycles. The fourth-order valence-corrected chi connectivity index (χ4v) is 0.805. The highest BCUT2D eigenvalue weighted by Gasteiger charge is 2.07. The minimum atomic E-state index is -0.0466. The summed E-state index contributed by atoms with van der Waals surface area (Å²) in [5.74, 6) is 0. The lowest BCUT2D eigenvalue weighted by atomic mass is 10.4. The molecule has 0 aromatic rings. The van der Waals surface area contributed by atoms with Gasteiger partial charge in [-0.1, -0.05) is 0 Å². The van der Waals surface area contributed by atoms with Crippen molar-refractivity contribution < 1.29 is 11.0 Å². The summed E-state index contributed by atoms with van der Waals surface area (Å²) in [6.07, 6.45) is 0. The molecule has 0 bridgehead atoms. The number of nitrogens with zero attached hydrogens (tertiary/aromatic N) is 1. The Bertz CT molecular complexity index is 154. The van der Waals surface area contributed by atoms with Crippen LogP contribution in [0.3, 0.4) is 0 Å². The summed E-state index contributed by atoms with van der Waals surface area (Å²) in [5.41, 5.74) is 0. The van der Waals surface area contributed by atoms with Crippen LogP contribution >= 0.6 is 0 Å². The van der Waals surface area contributed by atoms with Crippen molar-refractivity contribution in [3.05, 3.63) is 0 Å². The van der Waals surface area contributed by atoms with Gasteiger partial charge in [0, 0.05) is 27.7 Å². The van der Waals surface area contributed by atoms with Gasteiger partial charge < -0.3 is 15.0 Å². The van der Waals surface area contributed by atoms with Gasteiger partial charge in [0.05, 0.1) is 6.61 Å². The maximum Gasteiger partial charge on any atom is 0.317 e. The number of carbonyl (C=O) groups is 1. The van der Waals surface area contributed by atoms with E-state index < -0.39 is 0 Å². The number of hydrogen-bond acceptors (Lipinski definition) is 2. The first-order valence-corrected chi connectivity index (χ1v) is 4.67. The fourth-order valence-electron chi connectivity index (χ4n) is 0.805. The molecule has 0 unspecified atom stereocenters. The molecule has 0 heterocycles. The lowest BCUT2D eigenvalue weighted by Crippen LogP contribution is -2.42. The number of rotatable bonds is 5. The number of amides is 2. The first-order valence-electron chi connectivity index (χ1n) is 4.67. The summed E-state index contributed by atoms with van der Waals surface area (Å²) >= 11 is 0. The molecule has 0 radical (unpaired) electrons. The quantitative estimate of drug-likeness (QED) is 0.664. The summed E-state index contributed by atoms with van der Waals surface area (Å²) in [6, 6.07) is 0.136. The van der Waals surface area contributed by atoms with Crippen LogP contribution in [0.2, 0.25) is 0 Å². The van der Waals surface area contributed by atoms with Gasteiger partial charge in [-0.2, -0.15) is 0 Å². The van der Waals surface area contributed by atoms with E-state index in [0.29, 0.717) is 19.8 Å². The van der Waals surface area contributed by atoms with E-state index in [-0.39, 0.29) is 13.5 Å². The smallest absolute Gasteiger partial charge is 0.317 e. The molecule has 0 fully saturated rings. The van der Waals surface area contributed by atoms with E-state index in [1.165, 1.54) is 0 Å². The second-order valence-electron chi connectivity index (χ2n) is 3.22. The van der Waals surface area contributed by atoms with E-state index in [9.17, 15) is 4.79 Å². The largest absolute Gasteiger partial charge is 0.380 e. The Labute approximate surface area is 81.7 Å². The highest BCUT2D eigenvalue weighted by atomic mass is 16.5. The van der Waals surface area contributed by atoms with Crippen molar-refractivity contribution in [3.8, 4) is 0 Å². The number of likely N-dealkylation sites (N-methyl/N-ethyl adjacent to an activating group) is 1. The maximum absolute atomic E-state index is 11.3. The summed E-state index contributed by atoms with van der Waals surface area (Å²) in [5, 5.41) is 2.80. The monoisotopic (exact) mass is 190 g/mol. The molecule has 0 spiro atoms. The van der Waals surface area contributed by atoms with Gasteiger partial charge in [-0.15, -0.1) is 0 Å². The molecule has 1 N–H and O–H groups in total. The van der Waals surface area contributed by atoms with E-state index in [2.05, 4.69) is 5.32 Å². The standard InChI is InChI=1S/C9H20N2O2.H2/c1-5-13-7-6-11(4)9(12)10-8(2)3;/h8H,5-7H2,1-4H3,(H,10,12);1H. The second-order valence-corrected chi connectivity index (χ2v) is 3.22. The predicted molar refractivity (Wildman–Crippen MR) is 54.9 cm³/mol. The highest BCUT2D eigenvalue weighted by molar-refractivity contribution is 5.74. The van der Waals surface area contributed by atoms with Crippen molar-refractivity contribution in [3.63, 3.8) is 0 Å². The normalized spacial score (nSPS) is 10.2. The zero-order chi connectivity index (χ0) is 10.3. The van der Waals surface area contributed by atoms with E-state index >= 15 is 0 Å². The van der Waals surface area contributed by atoms with E-state index in [1.807, 2.05) is 20.8 Å². The van der Waals surface area contributed by atoms with Crippen molar-refractivity contribution in [2.45, 2.75) is 26.8 Å². The SMILES string of the molecule is CCOCCN(C)C(=O)NC(C)C.[HH]. The van der Waals surface area contributed by atoms with Crippen molar-refractivity contribution in [1.82, 2.24) is 10.2 Å². The van der Waals surface area contributed by atoms with Gasteiger partial charge in [-0.25, -0.2) is 4.79 Å². The molecule has 0 aromatic heterocycles. The third-order valence-corrected chi connectivity index (χ3v) is 1.53. The number of hydrogen-bond donors (Lipinski definition) is 1. The van der Waals surface area contributed by atoms with Crippen molar-refractivity contribution in [2.75, 3.05) is 26.8 Å². The fraction of sp³-hybridized carbons (Fsp3) is 0.889. The summed E-state index contributed by atoms with van der Waals surface area (Å²) < 4.78 is 5.14. The summed E-state index contributed by atoms with van der Waals surface area (Å²) in [7, 11) is 1.76. The number of ether oxygens (including phenoxy) is 1. The molecule has 4 nitrogen and oxygen atoms in total. The van der Waals surface area contributed by atoms with Crippen LogP contribution in [0, 0.1) is 0 Å². The summed E-state index contributed by atoms with van der Waals surface area (Å²) in [4.78, 5) is 12.9. The average Bonchev–Trinajstić information content (AvgIpc) is 2.03. The molecule has 2 amide bonds. The maximum atomic E-state index is 11.3. The zero-order valence-electron chi connectivity index (χ0n) is 8.96. The van der Waals surface area contributed by atoms with Crippen molar-refractivity contribution >= 4 is 6.03 Å². The molecule has 0 aliphatic heterocycles. The molecule has 0 saturated carbocycles. The Morgan fingerprint density at radius 2 is 2.23 bits per heavy atom. The Morgan fingerprint density at radius 1 is 1.62 bits per heavy atom. The van der Waals surface area contributed by atoms with Crippen LogP contribution in [0.1, 0.15) is 22.2 Å². The Kier molecular flexibility index (Phi) is 6.32. The first kappa shape index (κ1) is 12.2. The van der Waals surface area contributed by atoms with Crippen LogP contribution in [-0.4, -0.2) is 43.8 Å². The van der Waals surface area contributed by atoms with Crippen LogP contribution in [0.5, 0.6) is 0 Å². The Morgan fingerprint density at radius 3 is 2.69 bits per heavy atom. The molecule has 0 aliphatic carbocycles. The van der Waals surface area contributed by atoms with Gasteiger partial charge in [0.2, 0.25) is 0 Å². The molecule has 0 atom stereocenters. The molecule has 0 aliphatic rings. The third-order valence-electron chi connectivity index (χ3n) is 1.53. The van der Waals surface area contributed by atoms with Crippen molar-refractivity contribution in [1.29, 1.82) is 0 Å². The highest BCUT2D eigenvalue weighted by Crippen LogP contribution is 1.87. The van der Waals surface area contributed by atoms with Crippen LogP contribution in [0.25, 0.3) is 0 Å². The zero-order valence-corrected chi connectivity index (χ0v) is 8.96. The van der Waals surface area contributed by atoms with E-state index in [1.54, 1.807) is 11.9 Å². The molecular weight excluding hydrogens is 168 g/mol. The molecule has 0 saturated heterocycles. The summed E-state index contributed by atoms with van der Waals surface area (Å²) in [6.45, 7) is 7.74. The number of nitrogens with one attached hydrogen (secondary N) is 1. The number of carbonyl (C=O) groups excluding carboxylic acids is 1. The van der Waals surface area contributed by atoms with Gasteiger partial charge in [-0.05, 0) is 20.8 Å². The van der Waals surface area contributed by atoms with Crippen LogP contribution in [-0.2, 0) is 4.74 Å².